The predicted octanol–water partition coefficient (Wildman–Crippen LogP) is 5.75. The third-order valence-corrected chi connectivity index (χ3v) is 5.44. The summed E-state index contributed by atoms with van der Waals surface area (Å²) in [5.74, 6) is 0.227. The molecule has 0 aliphatic carbocycles. The van der Waals surface area contributed by atoms with Crippen molar-refractivity contribution in [3.63, 3.8) is 0 Å². The molecule has 1 fully saturated rings. The molecule has 1 aliphatic rings. The highest BCUT2D eigenvalue weighted by Crippen LogP contribution is 2.38. The van der Waals surface area contributed by atoms with Crippen LogP contribution in [0, 0.1) is 0 Å². The second-order valence-electron chi connectivity index (χ2n) is 7.73. The number of hydrogen-bond acceptors (Lipinski definition) is 2. The van der Waals surface area contributed by atoms with Crippen molar-refractivity contribution in [2.45, 2.75) is 38.3 Å². The van der Waals surface area contributed by atoms with Crippen LogP contribution >= 0.6 is 0 Å². The van der Waals surface area contributed by atoms with Crippen molar-refractivity contribution in [2.75, 3.05) is 20.2 Å². The molecular weight excluding hydrogens is 412 g/mol. The molecule has 9 heteroatoms. The molecule has 3 nitrogen and oxygen atoms in total. The zero-order chi connectivity index (χ0) is 22.2. The van der Waals surface area contributed by atoms with Crippen LogP contribution in [0.3, 0.4) is 0 Å². The van der Waals surface area contributed by atoms with E-state index in [0.717, 1.165) is 30.5 Å². The fraction of sp³-hybridized carbons (Fsp3) is 0.429. The Morgan fingerprint density at radius 3 is 1.87 bits per heavy atom. The highest BCUT2D eigenvalue weighted by molar-refractivity contribution is 5.41. The lowest BCUT2D eigenvalue weighted by molar-refractivity contribution is -0.942. The van der Waals surface area contributed by atoms with Crippen LogP contribution in [-0.4, -0.2) is 29.8 Å². The maximum Gasteiger partial charge on any atom is 0.416 e. The summed E-state index contributed by atoms with van der Waals surface area (Å²) in [5, 5.41) is 9.77. The van der Waals surface area contributed by atoms with Gasteiger partial charge in [-0.15, -0.1) is 0 Å². The monoisotopic (exact) mass is 434 g/mol. The van der Waals surface area contributed by atoms with Gasteiger partial charge in [0.05, 0.1) is 31.3 Å². The van der Waals surface area contributed by atoms with Crippen LogP contribution in [0.4, 0.5) is 26.3 Å². The fourth-order valence-corrected chi connectivity index (χ4v) is 4.08. The standard InChI is InChI=1S/C21H21F6NO2/c1-30-19-10-14(4-5-18(19)29)12-28(6-2-3-7-28)13-15-8-16(20(22,23)24)11-17(9-15)21(25,26)27/h4-5,8-11H,2-3,6-7,12-13H2,1H3/p+1. The van der Waals surface area contributed by atoms with Crippen molar-refractivity contribution in [3.8, 4) is 11.5 Å². The van der Waals surface area contributed by atoms with E-state index in [0.29, 0.717) is 24.1 Å². The summed E-state index contributed by atoms with van der Waals surface area (Å²) in [6, 6.07) is 6.57. The number of quaternary nitrogens is 1. The number of alkyl halides is 6. The van der Waals surface area contributed by atoms with Crippen molar-refractivity contribution in [3.05, 3.63) is 58.7 Å². The first-order chi connectivity index (χ1) is 13.9. The Morgan fingerprint density at radius 2 is 1.37 bits per heavy atom. The zero-order valence-corrected chi connectivity index (χ0v) is 16.3. The van der Waals surface area contributed by atoms with Crippen molar-refractivity contribution >= 4 is 0 Å². The normalized spacial score (nSPS) is 16.6. The SMILES string of the molecule is COc1cc(C[N+]2(Cc3cc(C(F)(F)F)cc(C(F)(F)F)c3)CCCC2)ccc1O. The van der Waals surface area contributed by atoms with Crippen molar-refractivity contribution < 1.29 is 40.7 Å². The molecule has 0 amide bonds. The number of hydrogen-bond donors (Lipinski definition) is 1. The maximum absolute atomic E-state index is 13.2. The molecule has 0 bridgehead atoms. The number of phenols is 1. The third kappa shape index (κ3) is 5.00. The minimum absolute atomic E-state index is 0.00444. The highest BCUT2D eigenvalue weighted by atomic mass is 19.4. The molecule has 2 aromatic carbocycles. The molecule has 0 spiro atoms. The summed E-state index contributed by atoms with van der Waals surface area (Å²) in [7, 11) is 1.40. The summed E-state index contributed by atoms with van der Waals surface area (Å²) in [4.78, 5) is 0. The van der Waals surface area contributed by atoms with Gasteiger partial charge >= 0.3 is 12.4 Å². The smallest absolute Gasteiger partial charge is 0.416 e. The van der Waals surface area contributed by atoms with E-state index in [-0.39, 0.29) is 29.7 Å². The average Bonchev–Trinajstić information content (AvgIpc) is 3.09. The molecule has 1 N–H and O–H groups in total. The molecule has 1 aliphatic heterocycles. The first-order valence-corrected chi connectivity index (χ1v) is 9.41. The number of methoxy groups -OCH3 is 1. The number of ether oxygens (including phenoxy) is 1. The van der Waals surface area contributed by atoms with Gasteiger partial charge in [0.15, 0.2) is 11.5 Å². The minimum Gasteiger partial charge on any atom is -0.504 e. The number of halogens is 6. The summed E-state index contributed by atoms with van der Waals surface area (Å²) in [6.07, 6.45) is -8.06. The van der Waals surface area contributed by atoms with Gasteiger partial charge in [-0.1, -0.05) is 0 Å². The maximum atomic E-state index is 13.2. The Kier molecular flexibility index (Phi) is 5.95. The van der Waals surface area contributed by atoms with Crippen molar-refractivity contribution in [1.29, 1.82) is 0 Å². The van der Waals surface area contributed by atoms with Gasteiger partial charge < -0.3 is 14.3 Å². The molecule has 1 heterocycles. The molecule has 0 aromatic heterocycles. The van der Waals surface area contributed by atoms with E-state index >= 15 is 0 Å². The van der Waals surface area contributed by atoms with Crippen LogP contribution in [0.1, 0.15) is 35.1 Å². The van der Waals surface area contributed by atoms with E-state index in [2.05, 4.69) is 0 Å². The van der Waals surface area contributed by atoms with E-state index in [9.17, 15) is 31.4 Å². The van der Waals surface area contributed by atoms with E-state index in [4.69, 9.17) is 4.74 Å². The Balaban J connectivity index is 1.96. The first kappa shape index (κ1) is 22.3. The third-order valence-electron chi connectivity index (χ3n) is 5.44. The molecular formula is C21H22F6NO2+. The van der Waals surface area contributed by atoms with Gasteiger partial charge in [-0.3, -0.25) is 0 Å². The van der Waals surface area contributed by atoms with Crippen molar-refractivity contribution in [1.82, 2.24) is 0 Å². The second kappa shape index (κ2) is 8.02. The number of likely N-dealkylation sites (tertiary alicyclic amines) is 1. The topological polar surface area (TPSA) is 29.5 Å². The van der Waals surface area contributed by atoms with E-state index in [1.807, 2.05) is 0 Å². The lowest BCUT2D eigenvalue weighted by Crippen LogP contribution is -2.43. The van der Waals surface area contributed by atoms with Crippen LogP contribution in [0.15, 0.2) is 36.4 Å². The minimum atomic E-state index is -4.86. The van der Waals surface area contributed by atoms with Gasteiger partial charge in [0.2, 0.25) is 0 Å². The molecule has 0 radical (unpaired) electrons. The molecule has 3 rings (SSSR count). The quantitative estimate of drug-likeness (QED) is 0.480. The van der Waals surface area contributed by atoms with Gasteiger partial charge in [-0.2, -0.15) is 26.3 Å². The Morgan fingerprint density at radius 1 is 0.833 bits per heavy atom. The molecule has 1 saturated heterocycles. The van der Waals surface area contributed by atoms with Gasteiger partial charge in [0.25, 0.3) is 0 Å². The number of rotatable bonds is 5. The molecule has 0 atom stereocenters. The average molecular weight is 434 g/mol. The Hall–Kier alpha value is -2.42. The zero-order valence-electron chi connectivity index (χ0n) is 16.3. The lowest BCUT2D eigenvalue weighted by atomic mass is 10.0. The highest BCUT2D eigenvalue weighted by Gasteiger charge is 2.39. The molecule has 0 unspecified atom stereocenters. The number of aromatic hydroxyl groups is 1. The predicted molar refractivity (Wildman–Crippen MR) is 97.7 cm³/mol. The summed E-state index contributed by atoms with van der Waals surface area (Å²) in [5.41, 5.74) is -1.80. The number of phenolic OH excluding ortho intramolecular Hbond substituents is 1. The molecule has 164 valence electrons. The largest absolute Gasteiger partial charge is 0.504 e. The van der Waals surface area contributed by atoms with Gasteiger partial charge in [0, 0.05) is 24.0 Å². The van der Waals surface area contributed by atoms with E-state index in [1.165, 1.54) is 13.2 Å². The molecule has 2 aromatic rings. The van der Waals surface area contributed by atoms with Crippen LogP contribution in [0.2, 0.25) is 0 Å². The van der Waals surface area contributed by atoms with Crippen LogP contribution in [0.25, 0.3) is 0 Å². The van der Waals surface area contributed by atoms with Gasteiger partial charge in [-0.25, -0.2) is 0 Å². The summed E-state index contributed by atoms with van der Waals surface area (Å²) in [6.45, 7) is 1.74. The molecule has 0 saturated carbocycles. The Labute approximate surface area is 170 Å². The number of nitrogens with zero attached hydrogens (tertiary/aromatic N) is 1. The van der Waals surface area contributed by atoms with Gasteiger partial charge in [0.1, 0.15) is 13.1 Å². The van der Waals surface area contributed by atoms with Crippen LogP contribution in [-0.2, 0) is 25.4 Å². The first-order valence-electron chi connectivity index (χ1n) is 9.41. The van der Waals surface area contributed by atoms with Crippen LogP contribution < -0.4 is 4.74 Å². The number of benzene rings is 2. The van der Waals surface area contributed by atoms with Gasteiger partial charge in [-0.05, 0) is 36.4 Å². The molecule has 30 heavy (non-hydrogen) atoms. The van der Waals surface area contributed by atoms with E-state index < -0.39 is 23.5 Å². The van der Waals surface area contributed by atoms with Crippen LogP contribution in [0.5, 0.6) is 11.5 Å². The second-order valence-corrected chi connectivity index (χ2v) is 7.73. The fourth-order valence-electron chi connectivity index (χ4n) is 4.08. The lowest BCUT2D eigenvalue weighted by Gasteiger charge is -2.35. The summed E-state index contributed by atoms with van der Waals surface area (Å²) < 4.78 is 84.7. The summed E-state index contributed by atoms with van der Waals surface area (Å²) >= 11 is 0. The Bertz CT molecular complexity index is 869. The van der Waals surface area contributed by atoms with E-state index in [1.54, 1.807) is 12.1 Å². The van der Waals surface area contributed by atoms with Crippen molar-refractivity contribution in [2.24, 2.45) is 0 Å².